The highest BCUT2D eigenvalue weighted by Gasteiger charge is 2.13. The zero-order valence-electron chi connectivity index (χ0n) is 18.9. The summed E-state index contributed by atoms with van der Waals surface area (Å²) in [5.74, 6) is 0.877. The Kier molecular flexibility index (Phi) is 24.1. The Morgan fingerprint density at radius 2 is 0.926 bits per heavy atom. The summed E-state index contributed by atoms with van der Waals surface area (Å²) in [7, 11) is 0. The molecule has 0 aliphatic rings. The summed E-state index contributed by atoms with van der Waals surface area (Å²) in [5.41, 5.74) is 9.34. The molecule has 0 fully saturated rings. The minimum absolute atomic E-state index is 0. The first kappa shape index (κ1) is 33.4. The number of rotatable bonds is 6. The lowest BCUT2D eigenvalue weighted by molar-refractivity contribution is 0.223. The first-order chi connectivity index (χ1) is 11.8. The molecule has 1 aromatic carbocycles. The molecule has 0 radical (unpaired) electrons. The summed E-state index contributed by atoms with van der Waals surface area (Å²) in [4.78, 5) is 0. The second kappa shape index (κ2) is 19.5. The lowest BCUT2D eigenvalue weighted by Crippen LogP contribution is -2.05. The third-order valence-electron chi connectivity index (χ3n) is 4.52. The van der Waals surface area contributed by atoms with E-state index < -0.39 is 0 Å². The van der Waals surface area contributed by atoms with Gasteiger partial charge in [0.05, 0.1) is 12.4 Å². The van der Waals surface area contributed by atoms with Gasteiger partial charge in [-0.15, -0.1) is 0 Å². The second-order valence-electron chi connectivity index (χ2n) is 6.40. The van der Waals surface area contributed by atoms with E-state index >= 15 is 0 Å². The van der Waals surface area contributed by atoms with E-state index in [4.69, 9.17) is 4.74 Å². The lowest BCUT2D eigenvalue weighted by Gasteiger charge is -2.20. The van der Waals surface area contributed by atoms with Gasteiger partial charge in [-0.25, -0.2) is 0 Å². The van der Waals surface area contributed by atoms with Gasteiger partial charge in [0.2, 0.25) is 0 Å². The fourth-order valence-corrected chi connectivity index (χ4v) is 3.29. The highest BCUT2D eigenvalue weighted by atomic mass is 16.5. The van der Waals surface area contributed by atoms with E-state index in [1.54, 1.807) is 16.7 Å². The van der Waals surface area contributed by atoms with Crippen LogP contribution >= 0.6 is 0 Å². The van der Waals surface area contributed by atoms with Crippen LogP contribution in [-0.4, -0.2) is 6.61 Å². The van der Waals surface area contributed by atoms with Crippen molar-refractivity contribution in [2.45, 2.75) is 116 Å². The van der Waals surface area contributed by atoms with Crippen molar-refractivity contribution >= 4 is 0 Å². The Bertz CT molecular complexity index is 419. The van der Waals surface area contributed by atoms with Crippen LogP contribution in [0.3, 0.4) is 0 Å². The van der Waals surface area contributed by atoms with Gasteiger partial charge in [-0.05, 0) is 80.3 Å². The quantitative estimate of drug-likeness (QED) is 0.447. The van der Waals surface area contributed by atoms with Crippen LogP contribution in [0.2, 0.25) is 0 Å². The maximum atomic E-state index is 5.00. The maximum Gasteiger partial charge on any atom is 0.0885 e. The number of benzene rings is 1. The molecular weight excluding hydrogens is 328 g/mol. The van der Waals surface area contributed by atoms with Gasteiger partial charge in [0.25, 0.3) is 0 Å². The van der Waals surface area contributed by atoms with E-state index in [0.29, 0.717) is 0 Å². The van der Waals surface area contributed by atoms with Gasteiger partial charge in [0.15, 0.2) is 0 Å². The summed E-state index contributed by atoms with van der Waals surface area (Å²) in [6.45, 7) is 26.3. The first-order valence-electron chi connectivity index (χ1n) is 10.2. The SMILES string of the molecule is C.C.C=C(CC)OCC.CCC.CCc1c(C)c(CC)c(C)c(CC)c1C. The highest BCUT2D eigenvalue weighted by molar-refractivity contribution is 5.50. The Balaban J connectivity index is -0.000000188. The van der Waals surface area contributed by atoms with Crippen molar-refractivity contribution in [2.24, 2.45) is 0 Å². The zero-order valence-corrected chi connectivity index (χ0v) is 18.9. The molecule has 0 saturated carbocycles. The molecule has 1 heteroatoms. The molecule has 0 amide bonds. The second-order valence-corrected chi connectivity index (χ2v) is 6.40. The molecule has 0 unspecified atom stereocenters. The Hall–Kier alpha value is -1.24. The van der Waals surface area contributed by atoms with Gasteiger partial charge in [-0.3, -0.25) is 0 Å². The van der Waals surface area contributed by atoms with Crippen LogP contribution in [-0.2, 0) is 24.0 Å². The summed E-state index contributed by atoms with van der Waals surface area (Å²) in [5, 5.41) is 0. The van der Waals surface area contributed by atoms with Crippen molar-refractivity contribution < 1.29 is 4.74 Å². The molecule has 162 valence electrons. The van der Waals surface area contributed by atoms with Gasteiger partial charge in [0.1, 0.15) is 0 Å². The minimum Gasteiger partial charge on any atom is -0.499 e. The van der Waals surface area contributed by atoms with E-state index in [-0.39, 0.29) is 14.9 Å². The van der Waals surface area contributed by atoms with Crippen LogP contribution in [0.1, 0.15) is 110 Å². The van der Waals surface area contributed by atoms with Crippen molar-refractivity contribution in [2.75, 3.05) is 6.61 Å². The molecule has 0 heterocycles. The van der Waals surface area contributed by atoms with Gasteiger partial charge in [-0.2, -0.15) is 0 Å². The van der Waals surface area contributed by atoms with Crippen molar-refractivity contribution in [3.05, 3.63) is 45.7 Å². The van der Waals surface area contributed by atoms with Crippen LogP contribution < -0.4 is 0 Å². The average Bonchev–Trinajstić information content (AvgIpc) is 2.57. The highest BCUT2D eigenvalue weighted by Crippen LogP contribution is 2.28. The van der Waals surface area contributed by atoms with Gasteiger partial charge in [-0.1, -0.05) is 69.4 Å². The molecule has 1 nitrogen and oxygen atoms in total. The van der Waals surface area contributed by atoms with Gasteiger partial charge >= 0.3 is 0 Å². The number of hydrogen-bond acceptors (Lipinski definition) is 1. The molecule has 27 heavy (non-hydrogen) atoms. The number of allylic oxidation sites excluding steroid dienone is 1. The standard InChI is InChI=1S/C15H24.C6H12O.C3H8.2CH4/c1-7-13-10(4)14(8-2)12(6)15(9-3)11(13)5;1-4-6(3)7-5-2;1-3-2;;/h7-9H2,1-6H3;3-5H2,1-2H3;3H2,1-2H3;2*1H4. The predicted molar refractivity (Wildman–Crippen MR) is 129 cm³/mol. The predicted octanol–water partition coefficient (Wildman–Crippen LogP) is 8.93. The van der Waals surface area contributed by atoms with Crippen molar-refractivity contribution in [3.8, 4) is 0 Å². The molecule has 0 aromatic heterocycles. The molecule has 0 spiro atoms. The average molecular weight is 381 g/mol. The third kappa shape index (κ3) is 11.3. The molecular formula is C26H52O. The molecule has 1 rings (SSSR count). The fourth-order valence-electron chi connectivity index (χ4n) is 3.29. The van der Waals surface area contributed by atoms with E-state index in [2.05, 4.69) is 62.0 Å². The smallest absolute Gasteiger partial charge is 0.0885 e. The molecule has 0 atom stereocenters. The fraction of sp³-hybridized carbons (Fsp3) is 0.692. The zero-order chi connectivity index (χ0) is 20.0. The van der Waals surface area contributed by atoms with E-state index in [1.807, 2.05) is 13.8 Å². The summed E-state index contributed by atoms with van der Waals surface area (Å²) >= 11 is 0. The van der Waals surface area contributed by atoms with Crippen molar-refractivity contribution in [1.82, 2.24) is 0 Å². The molecule has 1 aromatic rings. The lowest BCUT2D eigenvalue weighted by atomic mass is 9.85. The van der Waals surface area contributed by atoms with Crippen LogP contribution in [0.4, 0.5) is 0 Å². The summed E-state index contributed by atoms with van der Waals surface area (Å²) in [6, 6.07) is 0. The Morgan fingerprint density at radius 3 is 1.04 bits per heavy atom. The first-order valence-corrected chi connectivity index (χ1v) is 10.2. The number of ether oxygens (including phenoxy) is 1. The molecule has 0 aliphatic carbocycles. The normalized spacial score (nSPS) is 8.81. The topological polar surface area (TPSA) is 9.23 Å². The van der Waals surface area contributed by atoms with Crippen LogP contribution in [0.15, 0.2) is 12.3 Å². The van der Waals surface area contributed by atoms with Gasteiger partial charge in [0, 0.05) is 6.42 Å². The van der Waals surface area contributed by atoms with E-state index in [0.717, 1.165) is 38.0 Å². The molecule has 0 bridgehead atoms. The van der Waals surface area contributed by atoms with Crippen molar-refractivity contribution in [1.29, 1.82) is 0 Å². The monoisotopic (exact) mass is 380 g/mol. The van der Waals surface area contributed by atoms with E-state index in [1.165, 1.54) is 23.1 Å². The minimum atomic E-state index is 0. The summed E-state index contributed by atoms with van der Waals surface area (Å²) < 4.78 is 5.00. The molecule has 0 aliphatic heterocycles. The molecule has 0 N–H and O–H groups in total. The van der Waals surface area contributed by atoms with Crippen LogP contribution in [0.5, 0.6) is 0 Å². The maximum absolute atomic E-state index is 5.00. The summed E-state index contributed by atoms with van der Waals surface area (Å²) in [6.07, 6.45) is 5.67. The Labute approximate surface area is 173 Å². The third-order valence-corrected chi connectivity index (χ3v) is 4.52. The van der Waals surface area contributed by atoms with Gasteiger partial charge < -0.3 is 4.74 Å². The molecule has 0 saturated heterocycles. The van der Waals surface area contributed by atoms with E-state index in [9.17, 15) is 0 Å². The Morgan fingerprint density at radius 1 is 0.667 bits per heavy atom. The van der Waals surface area contributed by atoms with Crippen molar-refractivity contribution in [3.63, 3.8) is 0 Å². The largest absolute Gasteiger partial charge is 0.499 e. The van der Waals surface area contributed by atoms with Crippen LogP contribution in [0, 0.1) is 20.8 Å². The van der Waals surface area contributed by atoms with Crippen LogP contribution in [0.25, 0.3) is 0 Å². The number of hydrogen-bond donors (Lipinski definition) is 0.